The lowest BCUT2D eigenvalue weighted by molar-refractivity contribution is 0.0781. The number of nitrogens with one attached hydrogen (secondary N) is 1. The van der Waals surface area contributed by atoms with Gasteiger partial charge in [-0.05, 0) is 77.0 Å². The topological polar surface area (TPSA) is 18.5 Å². The van der Waals surface area contributed by atoms with E-state index in [0.717, 1.165) is 24.0 Å². The molecule has 0 saturated carbocycles. The number of rotatable bonds is 2. The van der Waals surface area contributed by atoms with Gasteiger partial charge in [-0.3, -0.25) is 9.80 Å². The van der Waals surface area contributed by atoms with Crippen LogP contribution in [0.3, 0.4) is 0 Å². The van der Waals surface area contributed by atoms with Gasteiger partial charge in [-0.15, -0.1) is 0 Å². The van der Waals surface area contributed by atoms with Crippen molar-refractivity contribution in [2.75, 3.05) is 32.7 Å². The molecular formula is C17H31N3. The SMILES string of the molecule is C1CNC(C2CCN(C3CCN4CCCCC34)CC2)C1. The molecule has 0 aromatic carbocycles. The average Bonchev–Trinajstić information content (AvgIpc) is 3.17. The summed E-state index contributed by atoms with van der Waals surface area (Å²) in [4.78, 5) is 5.65. The average molecular weight is 277 g/mol. The molecule has 0 bridgehead atoms. The van der Waals surface area contributed by atoms with E-state index in [9.17, 15) is 0 Å². The molecule has 4 saturated heterocycles. The third kappa shape index (κ3) is 2.53. The minimum Gasteiger partial charge on any atom is -0.314 e. The molecular weight excluding hydrogens is 246 g/mol. The van der Waals surface area contributed by atoms with E-state index in [-0.39, 0.29) is 0 Å². The van der Waals surface area contributed by atoms with E-state index >= 15 is 0 Å². The van der Waals surface area contributed by atoms with Crippen LogP contribution in [0, 0.1) is 5.92 Å². The van der Waals surface area contributed by atoms with Gasteiger partial charge in [-0.1, -0.05) is 6.42 Å². The van der Waals surface area contributed by atoms with Crippen molar-refractivity contribution in [2.45, 2.75) is 69.5 Å². The fraction of sp³-hybridized carbons (Fsp3) is 1.00. The maximum Gasteiger partial charge on any atom is 0.0263 e. The van der Waals surface area contributed by atoms with Gasteiger partial charge in [0.15, 0.2) is 0 Å². The summed E-state index contributed by atoms with van der Waals surface area (Å²) in [7, 11) is 0. The molecule has 3 heteroatoms. The first-order valence-electron chi connectivity index (χ1n) is 9.13. The van der Waals surface area contributed by atoms with Crippen LogP contribution in [0.2, 0.25) is 0 Å². The first-order valence-corrected chi connectivity index (χ1v) is 9.13. The molecule has 4 rings (SSSR count). The number of fused-ring (bicyclic) bond motifs is 1. The number of likely N-dealkylation sites (tertiary alicyclic amines) is 1. The highest BCUT2D eigenvalue weighted by Crippen LogP contribution is 2.34. The van der Waals surface area contributed by atoms with Crippen LogP contribution in [0.15, 0.2) is 0 Å². The van der Waals surface area contributed by atoms with E-state index in [1.54, 1.807) is 0 Å². The van der Waals surface area contributed by atoms with Gasteiger partial charge in [0, 0.05) is 24.7 Å². The van der Waals surface area contributed by atoms with Crippen molar-refractivity contribution in [3.63, 3.8) is 0 Å². The molecule has 3 unspecified atom stereocenters. The summed E-state index contributed by atoms with van der Waals surface area (Å²) in [6.45, 7) is 6.77. The van der Waals surface area contributed by atoms with Gasteiger partial charge in [0.25, 0.3) is 0 Å². The predicted molar refractivity (Wildman–Crippen MR) is 82.9 cm³/mol. The van der Waals surface area contributed by atoms with Crippen LogP contribution < -0.4 is 5.32 Å². The van der Waals surface area contributed by atoms with Crippen molar-refractivity contribution in [3.8, 4) is 0 Å². The van der Waals surface area contributed by atoms with E-state index in [4.69, 9.17) is 0 Å². The molecule has 4 fully saturated rings. The Labute approximate surface area is 124 Å². The Morgan fingerprint density at radius 2 is 1.40 bits per heavy atom. The fourth-order valence-electron chi connectivity index (χ4n) is 5.41. The van der Waals surface area contributed by atoms with Gasteiger partial charge >= 0.3 is 0 Å². The largest absolute Gasteiger partial charge is 0.314 e. The molecule has 0 spiro atoms. The van der Waals surface area contributed by atoms with Crippen LogP contribution in [0.4, 0.5) is 0 Å². The summed E-state index contributed by atoms with van der Waals surface area (Å²) < 4.78 is 0. The van der Waals surface area contributed by atoms with Crippen LogP contribution in [0.25, 0.3) is 0 Å². The second-order valence-electron chi connectivity index (χ2n) is 7.53. The second kappa shape index (κ2) is 5.94. The standard InChI is InChI=1S/C17H31N3/c1-2-10-19-13-8-17(16(19)5-1)20-11-6-14(7-12-20)15-4-3-9-18-15/h14-18H,1-13H2. The summed E-state index contributed by atoms with van der Waals surface area (Å²) in [6.07, 6.45) is 11.6. The smallest absolute Gasteiger partial charge is 0.0263 e. The first-order chi connectivity index (χ1) is 9.92. The Hall–Kier alpha value is -0.120. The Morgan fingerprint density at radius 1 is 0.650 bits per heavy atom. The lowest BCUT2D eigenvalue weighted by Crippen LogP contribution is -2.50. The summed E-state index contributed by atoms with van der Waals surface area (Å²) in [5.41, 5.74) is 0. The molecule has 114 valence electrons. The van der Waals surface area contributed by atoms with Gasteiger partial charge < -0.3 is 5.32 Å². The number of nitrogens with zero attached hydrogens (tertiary/aromatic N) is 2. The Balaban J connectivity index is 1.32. The molecule has 0 amide bonds. The molecule has 3 nitrogen and oxygen atoms in total. The van der Waals surface area contributed by atoms with Gasteiger partial charge in [0.05, 0.1) is 0 Å². The first kappa shape index (κ1) is 13.5. The van der Waals surface area contributed by atoms with Crippen molar-refractivity contribution >= 4 is 0 Å². The van der Waals surface area contributed by atoms with Gasteiger partial charge in [0.2, 0.25) is 0 Å². The van der Waals surface area contributed by atoms with Crippen molar-refractivity contribution in [1.29, 1.82) is 0 Å². The maximum atomic E-state index is 3.73. The zero-order chi connectivity index (χ0) is 13.4. The van der Waals surface area contributed by atoms with Crippen LogP contribution >= 0.6 is 0 Å². The molecule has 4 heterocycles. The summed E-state index contributed by atoms with van der Waals surface area (Å²) in [6, 6.07) is 2.66. The van der Waals surface area contributed by atoms with E-state index in [1.807, 2.05) is 0 Å². The van der Waals surface area contributed by atoms with Crippen molar-refractivity contribution in [1.82, 2.24) is 15.1 Å². The molecule has 1 N–H and O–H groups in total. The summed E-state index contributed by atoms with van der Waals surface area (Å²) >= 11 is 0. The van der Waals surface area contributed by atoms with E-state index < -0.39 is 0 Å². The van der Waals surface area contributed by atoms with Gasteiger partial charge in [-0.2, -0.15) is 0 Å². The van der Waals surface area contributed by atoms with Crippen LogP contribution in [0.5, 0.6) is 0 Å². The highest BCUT2D eigenvalue weighted by Gasteiger charge is 2.40. The lowest BCUT2D eigenvalue weighted by Gasteiger charge is -2.42. The minimum absolute atomic E-state index is 0.854. The third-order valence-corrected chi connectivity index (χ3v) is 6.53. The van der Waals surface area contributed by atoms with Crippen LogP contribution in [-0.4, -0.2) is 60.6 Å². The molecule has 4 aliphatic heterocycles. The van der Waals surface area contributed by atoms with E-state index in [1.165, 1.54) is 84.1 Å². The molecule has 0 aromatic heterocycles. The molecule has 20 heavy (non-hydrogen) atoms. The molecule has 4 aliphatic rings. The maximum absolute atomic E-state index is 3.73. The fourth-order valence-corrected chi connectivity index (χ4v) is 5.41. The van der Waals surface area contributed by atoms with E-state index in [0.29, 0.717) is 0 Å². The molecule has 3 atom stereocenters. The van der Waals surface area contributed by atoms with Crippen molar-refractivity contribution in [3.05, 3.63) is 0 Å². The van der Waals surface area contributed by atoms with Crippen molar-refractivity contribution in [2.24, 2.45) is 5.92 Å². The zero-order valence-electron chi connectivity index (χ0n) is 12.9. The van der Waals surface area contributed by atoms with Gasteiger partial charge in [0.1, 0.15) is 0 Å². The highest BCUT2D eigenvalue weighted by atomic mass is 15.3. The summed E-state index contributed by atoms with van der Waals surface area (Å²) in [5, 5.41) is 3.73. The molecule has 0 aliphatic carbocycles. The Bertz CT molecular complexity index is 318. The Kier molecular flexibility index (Phi) is 4.02. The quantitative estimate of drug-likeness (QED) is 0.834. The van der Waals surface area contributed by atoms with Gasteiger partial charge in [-0.25, -0.2) is 0 Å². The lowest BCUT2D eigenvalue weighted by atomic mass is 9.87. The molecule has 0 radical (unpaired) electrons. The number of hydrogen-bond donors (Lipinski definition) is 1. The van der Waals surface area contributed by atoms with Crippen LogP contribution in [-0.2, 0) is 0 Å². The Morgan fingerprint density at radius 3 is 2.20 bits per heavy atom. The third-order valence-electron chi connectivity index (χ3n) is 6.53. The monoisotopic (exact) mass is 277 g/mol. The zero-order valence-corrected chi connectivity index (χ0v) is 12.9. The second-order valence-corrected chi connectivity index (χ2v) is 7.53. The van der Waals surface area contributed by atoms with Crippen molar-refractivity contribution < 1.29 is 0 Å². The predicted octanol–water partition coefficient (Wildman–Crippen LogP) is 2.08. The number of piperidine rings is 2. The number of hydrogen-bond acceptors (Lipinski definition) is 3. The van der Waals surface area contributed by atoms with Crippen LogP contribution in [0.1, 0.15) is 51.4 Å². The highest BCUT2D eigenvalue weighted by molar-refractivity contribution is 4.97. The normalized spacial score (nSPS) is 41.1. The minimum atomic E-state index is 0.854. The summed E-state index contributed by atoms with van der Waals surface area (Å²) in [5.74, 6) is 0.970. The van der Waals surface area contributed by atoms with E-state index in [2.05, 4.69) is 15.1 Å². The molecule has 0 aromatic rings.